The predicted molar refractivity (Wildman–Crippen MR) is 118 cm³/mol. The molecule has 4 rings (SSSR count). The number of rotatable bonds is 4. The highest BCUT2D eigenvalue weighted by molar-refractivity contribution is 7.20. The lowest BCUT2D eigenvalue weighted by Gasteiger charge is -2.33. The largest absolute Gasteiger partial charge is 0.349 e. The van der Waals surface area contributed by atoms with Crippen LogP contribution in [0.15, 0.2) is 11.1 Å². The molecule has 1 atom stereocenters. The van der Waals surface area contributed by atoms with Gasteiger partial charge < -0.3 is 10.2 Å². The van der Waals surface area contributed by atoms with Gasteiger partial charge in [-0.1, -0.05) is 19.3 Å². The zero-order valence-electron chi connectivity index (χ0n) is 17.8. The van der Waals surface area contributed by atoms with Gasteiger partial charge in [0.25, 0.3) is 11.5 Å². The van der Waals surface area contributed by atoms with Crippen LogP contribution >= 0.6 is 11.3 Å². The van der Waals surface area contributed by atoms with Crippen LogP contribution in [0.25, 0.3) is 10.2 Å². The van der Waals surface area contributed by atoms with E-state index in [0.29, 0.717) is 20.7 Å². The molecule has 1 unspecified atom stereocenters. The maximum Gasteiger partial charge on any atom is 0.262 e. The summed E-state index contributed by atoms with van der Waals surface area (Å²) >= 11 is 1.26. The first-order valence-corrected chi connectivity index (χ1v) is 11.9. The van der Waals surface area contributed by atoms with Gasteiger partial charge in [-0.15, -0.1) is 11.3 Å². The molecular weight excluding hydrogens is 400 g/mol. The van der Waals surface area contributed by atoms with E-state index in [0.717, 1.165) is 51.5 Å². The van der Waals surface area contributed by atoms with Crippen LogP contribution in [0.2, 0.25) is 0 Å². The van der Waals surface area contributed by atoms with E-state index in [1.807, 2.05) is 4.90 Å². The standard InChI is InChI=1S/C22H30N4O3S/c1-14-8-6-7-11-26(14)17(27)12-25-13-23-21-18(22(25)29)15(2)19(30-21)20(28)24-16-9-4-3-5-10-16/h13-14,16H,3-12H2,1-2H3,(H,24,28). The molecule has 2 aromatic rings. The van der Waals surface area contributed by atoms with Gasteiger partial charge in [0.05, 0.1) is 16.6 Å². The maximum absolute atomic E-state index is 13.1. The molecule has 3 heterocycles. The van der Waals surface area contributed by atoms with Crippen LogP contribution in [0.3, 0.4) is 0 Å². The summed E-state index contributed by atoms with van der Waals surface area (Å²) in [6, 6.07) is 0.418. The van der Waals surface area contributed by atoms with Crippen LogP contribution in [0.4, 0.5) is 0 Å². The molecule has 1 N–H and O–H groups in total. The number of nitrogens with one attached hydrogen (secondary N) is 1. The Morgan fingerprint density at radius 1 is 1.17 bits per heavy atom. The molecule has 2 fully saturated rings. The van der Waals surface area contributed by atoms with Crippen molar-refractivity contribution in [1.82, 2.24) is 19.8 Å². The van der Waals surface area contributed by atoms with Crippen LogP contribution in [-0.4, -0.2) is 44.9 Å². The smallest absolute Gasteiger partial charge is 0.262 e. The molecular formula is C22H30N4O3S. The Labute approximate surface area is 180 Å². The van der Waals surface area contributed by atoms with E-state index < -0.39 is 0 Å². The van der Waals surface area contributed by atoms with Gasteiger partial charge in [-0.25, -0.2) is 4.98 Å². The second-order valence-corrected chi connectivity index (χ2v) is 9.65. The fourth-order valence-electron chi connectivity index (χ4n) is 4.69. The number of aryl methyl sites for hydroxylation is 1. The Morgan fingerprint density at radius 3 is 2.63 bits per heavy atom. The van der Waals surface area contributed by atoms with Crippen molar-refractivity contribution in [1.29, 1.82) is 0 Å². The lowest BCUT2D eigenvalue weighted by atomic mass is 9.95. The van der Waals surface area contributed by atoms with Crippen molar-refractivity contribution in [3.05, 3.63) is 27.1 Å². The first kappa shape index (κ1) is 21.0. The summed E-state index contributed by atoms with van der Waals surface area (Å²) in [6.07, 6.45) is 10.1. The number of fused-ring (bicyclic) bond motifs is 1. The third kappa shape index (κ3) is 4.15. The first-order valence-electron chi connectivity index (χ1n) is 11.0. The Kier molecular flexibility index (Phi) is 6.22. The van der Waals surface area contributed by atoms with Crippen molar-refractivity contribution in [2.24, 2.45) is 0 Å². The van der Waals surface area contributed by atoms with Crippen molar-refractivity contribution >= 4 is 33.4 Å². The van der Waals surface area contributed by atoms with Crippen LogP contribution < -0.4 is 10.9 Å². The zero-order valence-corrected chi connectivity index (χ0v) is 18.6. The lowest BCUT2D eigenvalue weighted by molar-refractivity contribution is -0.135. The van der Waals surface area contributed by atoms with Gasteiger partial charge in [-0.2, -0.15) is 0 Å². The van der Waals surface area contributed by atoms with E-state index in [4.69, 9.17) is 0 Å². The van der Waals surface area contributed by atoms with Crippen molar-refractivity contribution in [3.63, 3.8) is 0 Å². The quantitative estimate of drug-likeness (QED) is 0.807. The molecule has 1 saturated heterocycles. The minimum absolute atomic E-state index is 0.00892. The number of amides is 2. The number of piperidine rings is 1. The Bertz CT molecular complexity index is 1010. The van der Waals surface area contributed by atoms with Gasteiger partial charge in [0.1, 0.15) is 11.4 Å². The topological polar surface area (TPSA) is 84.3 Å². The van der Waals surface area contributed by atoms with Crippen LogP contribution in [0, 0.1) is 6.92 Å². The van der Waals surface area contributed by atoms with E-state index in [2.05, 4.69) is 17.2 Å². The average Bonchev–Trinajstić information content (AvgIpc) is 3.08. The predicted octanol–water partition coefficient (Wildman–Crippen LogP) is 3.23. The molecule has 0 radical (unpaired) electrons. The average molecular weight is 431 g/mol. The minimum Gasteiger partial charge on any atom is -0.349 e. The SMILES string of the molecule is Cc1c(C(=O)NC2CCCCC2)sc2ncn(CC(=O)N3CCCCC3C)c(=O)c12. The van der Waals surface area contributed by atoms with Crippen molar-refractivity contribution < 1.29 is 9.59 Å². The van der Waals surface area contributed by atoms with Gasteiger partial charge in [-0.3, -0.25) is 19.0 Å². The summed E-state index contributed by atoms with van der Waals surface area (Å²) in [5, 5.41) is 3.58. The van der Waals surface area contributed by atoms with Crippen LogP contribution in [0.1, 0.15) is 73.5 Å². The summed E-state index contributed by atoms with van der Waals surface area (Å²) in [6.45, 7) is 4.59. The number of thiophene rings is 1. The van der Waals surface area contributed by atoms with E-state index in [-0.39, 0.29) is 36.0 Å². The number of likely N-dealkylation sites (tertiary alicyclic amines) is 1. The zero-order chi connectivity index (χ0) is 21.3. The molecule has 1 aliphatic carbocycles. The molecule has 0 spiro atoms. The summed E-state index contributed by atoms with van der Waals surface area (Å²) in [4.78, 5) is 46.1. The van der Waals surface area contributed by atoms with Crippen LogP contribution in [-0.2, 0) is 11.3 Å². The summed E-state index contributed by atoms with van der Waals surface area (Å²) in [7, 11) is 0. The molecule has 2 amide bonds. The fraction of sp³-hybridized carbons (Fsp3) is 0.636. The maximum atomic E-state index is 13.1. The molecule has 30 heavy (non-hydrogen) atoms. The number of nitrogens with zero attached hydrogens (tertiary/aromatic N) is 3. The van der Waals surface area contributed by atoms with E-state index in [1.54, 1.807) is 6.92 Å². The number of carbonyl (C=O) groups excluding carboxylic acids is 2. The second-order valence-electron chi connectivity index (χ2n) is 8.65. The van der Waals surface area contributed by atoms with Gasteiger partial charge in [0.2, 0.25) is 5.91 Å². The third-order valence-electron chi connectivity index (χ3n) is 6.49. The van der Waals surface area contributed by atoms with Crippen LogP contribution in [0.5, 0.6) is 0 Å². The molecule has 162 valence electrons. The molecule has 1 saturated carbocycles. The van der Waals surface area contributed by atoms with Gasteiger partial charge >= 0.3 is 0 Å². The lowest BCUT2D eigenvalue weighted by Crippen LogP contribution is -2.44. The molecule has 0 bridgehead atoms. The Balaban J connectivity index is 1.56. The number of hydrogen-bond acceptors (Lipinski definition) is 5. The fourth-order valence-corrected chi connectivity index (χ4v) is 5.73. The molecule has 0 aromatic carbocycles. The van der Waals surface area contributed by atoms with Crippen molar-refractivity contribution in [2.75, 3.05) is 6.54 Å². The first-order chi connectivity index (χ1) is 14.5. The van der Waals surface area contributed by atoms with Gasteiger partial charge in [-0.05, 0) is 51.5 Å². The molecule has 8 heteroatoms. The molecule has 2 aliphatic rings. The Morgan fingerprint density at radius 2 is 1.90 bits per heavy atom. The molecule has 2 aromatic heterocycles. The van der Waals surface area contributed by atoms with Crippen molar-refractivity contribution in [3.8, 4) is 0 Å². The monoisotopic (exact) mass is 430 g/mol. The highest BCUT2D eigenvalue weighted by Crippen LogP contribution is 2.27. The van der Waals surface area contributed by atoms with E-state index in [9.17, 15) is 14.4 Å². The summed E-state index contributed by atoms with van der Waals surface area (Å²) in [5.74, 6) is -0.167. The minimum atomic E-state index is -0.247. The highest BCUT2D eigenvalue weighted by atomic mass is 32.1. The second kappa shape index (κ2) is 8.88. The number of carbonyl (C=O) groups is 2. The number of aromatic nitrogens is 2. The third-order valence-corrected chi connectivity index (χ3v) is 7.69. The normalized spacial score (nSPS) is 20.5. The molecule has 7 nitrogen and oxygen atoms in total. The Hall–Kier alpha value is -2.22. The summed E-state index contributed by atoms with van der Waals surface area (Å²) < 4.78 is 1.38. The van der Waals surface area contributed by atoms with Gasteiger partial charge in [0, 0.05) is 18.6 Å². The van der Waals surface area contributed by atoms with E-state index in [1.165, 1.54) is 28.7 Å². The summed E-state index contributed by atoms with van der Waals surface area (Å²) in [5.41, 5.74) is 0.414. The molecule has 1 aliphatic heterocycles. The van der Waals surface area contributed by atoms with Gasteiger partial charge in [0.15, 0.2) is 0 Å². The van der Waals surface area contributed by atoms with Crippen molar-refractivity contribution in [2.45, 2.75) is 83.8 Å². The van der Waals surface area contributed by atoms with E-state index >= 15 is 0 Å². The number of hydrogen-bond donors (Lipinski definition) is 1. The highest BCUT2D eigenvalue weighted by Gasteiger charge is 2.25.